The van der Waals surface area contributed by atoms with Crippen molar-refractivity contribution in [1.82, 2.24) is 0 Å². The summed E-state index contributed by atoms with van der Waals surface area (Å²) in [4.78, 5) is 0. The van der Waals surface area contributed by atoms with Crippen LogP contribution < -0.4 is 0 Å². The Morgan fingerprint density at radius 3 is 2.64 bits per heavy atom. The van der Waals surface area contributed by atoms with Crippen molar-refractivity contribution >= 4 is 26.9 Å². The van der Waals surface area contributed by atoms with E-state index in [9.17, 15) is 4.39 Å². The van der Waals surface area contributed by atoms with Crippen LogP contribution in [0.5, 0.6) is 0 Å². The first-order valence-corrected chi connectivity index (χ1v) is 5.15. The van der Waals surface area contributed by atoms with Gasteiger partial charge in [0.2, 0.25) is 0 Å². The van der Waals surface area contributed by atoms with E-state index < -0.39 is 5.67 Å². The number of rotatable bonds is 1. The maximum Gasteiger partial charge on any atom is 0.162 e. The number of fused-ring (bicyclic) bond motifs is 1. The van der Waals surface area contributed by atoms with Crippen LogP contribution in [0.3, 0.4) is 0 Å². The fraction of sp³-hybridized carbons (Fsp3) is 0.273. The molecule has 0 aliphatic rings. The van der Waals surface area contributed by atoms with Crippen LogP contribution in [0, 0.1) is 0 Å². The standard InChI is InChI=1S/C11H10BrFO/c1-11(2,13)10-6-7-8(12)4-3-5-9(7)14-10/h3-6H,1-2H3. The van der Waals surface area contributed by atoms with Crippen molar-refractivity contribution in [2.45, 2.75) is 19.5 Å². The molecule has 0 spiro atoms. The second-order valence-electron chi connectivity index (χ2n) is 3.73. The lowest BCUT2D eigenvalue weighted by Crippen LogP contribution is -2.06. The van der Waals surface area contributed by atoms with E-state index in [1.807, 2.05) is 18.2 Å². The second-order valence-corrected chi connectivity index (χ2v) is 4.59. The molecule has 1 heterocycles. The Labute approximate surface area is 90.0 Å². The first-order valence-electron chi connectivity index (χ1n) is 4.36. The molecule has 1 aromatic heterocycles. The quantitative estimate of drug-likeness (QED) is 0.737. The molecule has 0 saturated heterocycles. The molecule has 0 atom stereocenters. The van der Waals surface area contributed by atoms with E-state index in [2.05, 4.69) is 15.9 Å². The molecular formula is C11H10BrFO. The number of halogens is 2. The molecule has 0 saturated carbocycles. The number of alkyl halides is 1. The maximum absolute atomic E-state index is 13.6. The van der Waals surface area contributed by atoms with Gasteiger partial charge in [-0.05, 0) is 32.0 Å². The van der Waals surface area contributed by atoms with E-state index in [1.54, 1.807) is 6.07 Å². The highest BCUT2D eigenvalue weighted by molar-refractivity contribution is 9.10. The molecule has 2 aromatic rings. The molecule has 0 aliphatic carbocycles. The van der Waals surface area contributed by atoms with Crippen LogP contribution in [-0.4, -0.2) is 0 Å². The van der Waals surface area contributed by atoms with Gasteiger partial charge < -0.3 is 4.42 Å². The van der Waals surface area contributed by atoms with Crippen LogP contribution in [0.1, 0.15) is 19.6 Å². The second kappa shape index (κ2) is 3.09. The fourth-order valence-electron chi connectivity index (χ4n) is 1.32. The van der Waals surface area contributed by atoms with Crippen molar-refractivity contribution in [3.63, 3.8) is 0 Å². The van der Waals surface area contributed by atoms with E-state index in [0.29, 0.717) is 11.3 Å². The molecular weight excluding hydrogens is 247 g/mol. The van der Waals surface area contributed by atoms with E-state index in [4.69, 9.17) is 4.42 Å². The molecule has 0 aliphatic heterocycles. The van der Waals surface area contributed by atoms with E-state index in [0.717, 1.165) is 9.86 Å². The number of benzene rings is 1. The largest absolute Gasteiger partial charge is 0.458 e. The summed E-state index contributed by atoms with van der Waals surface area (Å²) in [6.45, 7) is 2.97. The molecule has 74 valence electrons. The van der Waals surface area contributed by atoms with Crippen molar-refractivity contribution < 1.29 is 8.81 Å². The molecule has 1 nitrogen and oxygen atoms in total. The van der Waals surface area contributed by atoms with Crippen molar-refractivity contribution in [1.29, 1.82) is 0 Å². The van der Waals surface area contributed by atoms with Gasteiger partial charge in [0.15, 0.2) is 5.67 Å². The highest BCUT2D eigenvalue weighted by Crippen LogP contribution is 2.33. The van der Waals surface area contributed by atoms with Crippen LogP contribution in [-0.2, 0) is 5.67 Å². The Kier molecular flexibility index (Phi) is 2.14. The van der Waals surface area contributed by atoms with Gasteiger partial charge in [0, 0.05) is 9.86 Å². The Morgan fingerprint density at radius 1 is 1.36 bits per heavy atom. The van der Waals surface area contributed by atoms with Crippen LogP contribution >= 0.6 is 15.9 Å². The number of hydrogen-bond donors (Lipinski definition) is 0. The van der Waals surface area contributed by atoms with Crippen molar-refractivity contribution in [3.8, 4) is 0 Å². The SMILES string of the molecule is CC(C)(F)c1cc2c(Br)cccc2o1. The minimum absolute atomic E-state index is 0.361. The van der Waals surface area contributed by atoms with Crippen molar-refractivity contribution in [2.24, 2.45) is 0 Å². The number of furan rings is 1. The summed E-state index contributed by atoms with van der Waals surface area (Å²) < 4.78 is 19.9. The highest BCUT2D eigenvalue weighted by atomic mass is 79.9. The van der Waals surface area contributed by atoms with Crippen molar-refractivity contribution in [2.75, 3.05) is 0 Å². The summed E-state index contributed by atoms with van der Waals surface area (Å²) in [5.74, 6) is 0.361. The first kappa shape index (κ1) is 9.71. The molecule has 0 bridgehead atoms. The summed E-state index contributed by atoms with van der Waals surface area (Å²) in [5.41, 5.74) is -0.724. The zero-order valence-corrected chi connectivity index (χ0v) is 9.56. The third kappa shape index (κ3) is 1.57. The Hall–Kier alpha value is -0.830. The van der Waals surface area contributed by atoms with E-state index >= 15 is 0 Å². The predicted molar refractivity (Wildman–Crippen MR) is 58.0 cm³/mol. The van der Waals surface area contributed by atoms with Gasteiger partial charge in [-0.25, -0.2) is 4.39 Å². The lowest BCUT2D eigenvalue weighted by atomic mass is 10.1. The molecule has 1 aromatic carbocycles. The van der Waals surface area contributed by atoms with E-state index in [1.165, 1.54) is 13.8 Å². The van der Waals surface area contributed by atoms with Gasteiger partial charge in [0.1, 0.15) is 11.3 Å². The summed E-state index contributed by atoms with van der Waals surface area (Å²) in [5, 5.41) is 0.910. The molecule has 3 heteroatoms. The molecule has 14 heavy (non-hydrogen) atoms. The minimum atomic E-state index is -1.43. The predicted octanol–water partition coefficient (Wildman–Crippen LogP) is 4.40. The molecule has 0 fully saturated rings. The summed E-state index contributed by atoms with van der Waals surface area (Å²) in [7, 11) is 0. The van der Waals surface area contributed by atoms with E-state index in [-0.39, 0.29) is 0 Å². The van der Waals surface area contributed by atoms with Crippen LogP contribution in [0.2, 0.25) is 0 Å². The average molecular weight is 257 g/mol. The normalized spacial score (nSPS) is 12.3. The van der Waals surface area contributed by atoms with Gasteiger partial charge in [0.25, 0.3) is 0 Å². The van der Waals surface area contributed by atoms with Gasteiger partial charge in [-0.15, -0.1) is 0 Å². The Bertz CT molecular complexity index is 468. The molecule has 0 amide bonds. The third-order valence-electron chi connectivity index (χ3n) is 2.09. The zero-order valence-electron chi connectivity index (χ0n) is 7.97. The monoisotopic (exact) mass is 256 g/mol. The van der Waals surface area contributed by atoms with Crippen LogP contribution in [0.4, 0.5) is 4.39 Å². The molecule has 0 radical (unpaired) electrons. The zero-order chi connectivity index (χ0) is 10.3. The lowest BCUT2D eigenvalue weighted by molar-refractivity contribution is 0.182. The smallest absolute Gasteiger partial charge is 0.162 e. The topological polar surface area (TPSA) is 13.1 Å². The Morgan fingerprint density at radius 2 is 2.07 bits per heavy atom. The third-order valence-corrected chi connectivity index (χ3v) is 2.79. The van der Waals surface area contributed by atoms with Gasteiger partial charge >= 0.3 is 0 Å². The van der Waals surface area contributed by atoms with Gasteiger partial charge in [0.05, 0.1) is 0 Å². The molecule has 0 unspecified atom stereocenters. The fourth-order valence-corrected chi connectivity index (χ4v) is 1.78. The summed E-state index contributed by atoms with van der Waals surface area (Å²) >= 11 is 3.39. The first-order chi connectivity index (χ1) is 6.48. The minimum Gasteiger partial charge on any atom is -0.458 e. The van der Waals surface area contributed by atoms with Gasteiger partial charge in [-0.2, -0.15) is 0 Å². The molecule has 2 rings (SSSR count). The Balaban J connectivity index is 2.69. The van der Waals surface area contributed by atoms with Crippen molar-refractivity contribution in [3.05, 3.63) is 34.5 Å². The molecule has 0 N–H and O–H groups in total. The van der Waals surface area contributed by atoms with Crippen LogP contribution in [0.25, 0.3) is 11.0 Å². The maximum atomic E-state index is 13.6. The van der Waals surface area contributed by atoms with Crippen LogP contribution in [0.15, 0.2) is 33.2 Å². The summed E-state index contributed by atoms with van der Waals surface area (Å²) in [6, 6.07) is 7.34. The lowest BCUT2D eigenvalue weighted by Gasteiger charge is -2.08. The van der Waals surface area contributed by atoms with Gasteiger partial charge in [-0.3, -0.25) is 0 Å². The number of hydrogen-bond acceptors (Lipinski definition) is 1. The van der Waals surface area contributed by atoms with Gasteiger partial charge in [-0.1, -0.05) is 22.0 Å². The average Bonchev–Trinajstić information content (AvgIpc) is 2.48. The summed E-state index contributed by atoms with van der Waals surface area (Å²) in [6.07, 6.45) is 0. The highest BCUT2D eigenvalue weighted by Gasteiger charge is 2.23.